The predicted octanol–water partition coefficient (Wildman–Crippen LogP) is 4.56. The molecule has 0 aromatic heterocycles. The Balaban J connectivity index is 2.18. The van der Waals surface area contributed by atoms with Crippen LogP contribution in [0.15, 0.2) is 42.5 Å². The van der Waals surface area contributed by atoms with E-state index in [2.05, 4.69) is 63.2 Å². The lowest BCUT2D eigenvalue weighted by Crippen LogP contribution is -2.10. The normalized spacial score (nSPS) is 13.4. The molecule has 0 amide bonds. The monoisotopic (exact) mass is 222 g/mol. The molecule has 1 aliphatic rings. The number of hydrogen-bond acceptors (Lipinski definition) is 0. The van der Waals surface area contributed by atoms with Crippen LogP contribution in [0.25, 0.3) is 11.1 Å². The quantitative estimate of drug-likeness (QED) is 0.523. The van der Waals surface area contributed by atoms with Crippen molar-refractivity contribution in [3.8, 4) is 11.1 Å². The zero-order chi connectivity index (χ0) is 12.0. The maximum absolute atomic E-state index is 2.38. The molecule has 0 heterocycles. The van der Waals surface area contributed by atoms with Gasteiger partial charge in [0.2, 0.25) is 0 Å². The molecule has 0 saturated carbocycles. The SMILES string of the molecule is CC(C)(C)c1ccc2c(c1)-c1ccccc1C2. The summed E-state index contributed by atoms with van der Waals surface area (Å²) in [4.78, 5) is 0. The smallest absolute Gasteiger partial charge is 0.00135 e. The third-order valence-corrected chi connectivity index (χ3v) is 3.66. The predicted molar refractivity (Wildman–Crippen MR) is 73.4 cm³/mol. The molecular weight excluding hydrogens is 204 g/mol. The van der Waals surface area contributed by atoms with Crippen LogP contribution < -0.4 is 0 Å². The second kappa shape index (κ2) is 3.46. The Morgan fingerprint density at radius 2 is 1.53 bits per heavy atom. The molecule has 0 fully saturated rings. The van der Waals surface area contributed by atoms with Crippen LogP contribution in [0.5, 0.6) is 0 Å². The fourth-order valence-corrected chi connectivity index (χ4v) is 2.59. The van der Waals surface area contributed by atoms with Gasteiger partial charge in [0.1, 0.15) is 0 Å². The molecule has 0 atom stereocenters. The van der Waals surface area contributed by atoms with E-state index in [-0.39, 0.29) is 5.41 Å². The van der Waals surface area contributed by atoms with Crippen LogP contribution in [0.4, 0.5) is 0 Å². The minimum Gasteiger partial charge on any atom is -0.0619 e. The van der Waals surface area contributed by atoms with Crippen LogP contribution in [0.3, 0.4) is 0 Å². The van der Waals surface area contributed by atoms with Crippen molar-refractivity contribution < 1.29 is 0 Å². The Morgan fingerprint density at radius 1 is 0.824 bits per heavy atom. The van der Waals surface area contributed by atoms with Gasteiger partial charge in [-0.1, -0.05) is 63.2 Å². The lowest BCUT2D eigenvalue weighted by atomic mass is 9.85. The standard InChI is InChI=1S/C17H18/c1-17(2,3)14-9-8-13-10-12-6-4-5-7-15(12)16(13)11-14/h4-9,11H,10H2,1-3H3. The Labute approximate surface area is 103 Å². The zero-order valence-electron chi connectivity index (χ0n) is 10.7. The van der Waals surface area contributed by atoms with Crippen LogP contribution in [0, 0.1) is 0 Å². The second-order valence-electron chi connectivity index (χ2n) is 5.96. The molecule has 0 saturated heterocycles. The molecule has 0 N–H and O–H groups in total. The molecule has 0 bridgehead atoms. The molecule has 0 aliphatic heterocycles. The number of hydrogen-bond donors (Lipinski definition) is 0. The van der Waals surface area contributed by atoms with E-state index in [1.54, 1.807) is 0 Å². The summed E-state index contributed by atoms with van der Waals surface area (Å²) in [7, 11) is 0. The summed E-state index contributed by atoms with van der Waals surface area (Å²) in [5.41, 5.74) is 7.45. The van der Waals surface area contributed by atoms with Gasteiger partial charge in [0, 0.05) is 0 Å². The molecule has 0 spiro atoms. The van der Waals surface area contributed by atoms with Gasteiger partial charge in [-0.3, -0.25) is 0 Å². The first-order valence-electron chi connectivity index (χ1n) is 6.27. The molecule has 1 aliphatic carbocycles. The van der Waals surface area contributed by atoms with Crippen LogP contribution >= 0.6 is 0 Å². The largest absolute Gasteiger partial charge is 0.0619 e. The number of rotatable bonds is 0. The van der Waals surface area contributed by atoms with Crippen molar-refractivity contribution in [2.75, 3.05) is 0 Å². The number of fused-ring (bicyclic) bond motifs is 3. The van der Waals surface area contributed by atoms with E-state index in [1.807, 2.05) is 0 Å². The Hall–Kier alpha value is -1.56. The van der Waals surface area contributed by atoms with Gasteiger partial charge in [-0.2, -0.15) is 0 Å². The summed E-state index contributed by atoms with van der Waals surface area (Å²) < 4.78 is 0. The first-order valence-corrected chi connectivity index (χ1v) is 6.27. The highest BCUT2D eigenvalue weighted by Gasteiger charge is 2.21. The van der Waals surface area contributed by atoms with Crippen molar-refractivity contribution in [2.24, 2.45) is 0 Å². The zero-order valence-corrected chi connectivity index (χ0v) is 10.7. The Morgan fingerprint density at radius 3 is 2.29 bits per heavy atom. The van der Waals surface area contributed by atoms with Gasteiger partial charge in [0.25, 0.3) is 0 Å². The average molecular weight is 222 g/mol. The summed E-state index contributed by atoms with van der Waals surface area (Å²) in [6, 6.07) is 15.7. The van der Waals surface area contributed by atoms with Crippen molar-refractivity contribution in [1.29, 1.82) is 0 Å². The van der Waals surface area contributed by atoms with E-state index in [0.29, 0.717) is 0 Å². The first-order chi connectivity index (χ1) is 8.05. The van der Waals surface area contributed by atoms with Gasteiger partial charge in [0.15, 0.2) is 0 Å². The van der Waals surface area contributed by atoms with Gasteiger partial charge in [0.05, 0.1) is 0 Å². The maximum atomic E-state index is 2.38. The topological polar surface area (TPSA) is 0 Å². The van der Waals surface area contributed by atoms with Crippen molar-refractivity contribution >= 4 is 0 Å². The molecule has 0 heteroatoms. The molecule has 0 radical (unpaired) electrons. The number of benzene rings is 2. The summed E-state index contributed by atoms with van der Waals surface area (Å²) in [5.74, 6) is 0. The average Bonchev–Trinajstić information content (AvgIpc) is 2.65. The molecule has 2 aromatic rings. The fraction of sp³-hybridized carbons (Fsp3) is 0.294. The highest BCUT2D eigenvalue weighted by molar-refractivity contribution is 5.77. The Bertz CT molecular complexity index is 571. The van der Waals surface area contributed by atoms with E-state index >= 15 is 0 Å². The third-order valence-electron chi connectivity index (χ3n) is 3.66. The van der Waals surface area contributed by atoms with Gasteiger partial charge < -0.3 is 0 Å². The van der Waals surface area contributed by atoms with Crippen molar-refractivity contribution in [2.45, 2.75) is 32.6 Å². The molecule has 2 aromatic carbocycles. The van der Waals surface area contributed by atoms with Crippen molar-refractivity contribution in [1.82, 2.24) is 0 Å². The molecule has 0 nitrogen and oxygen atoms in total. The summed E-state index contributed by atoms with van der Waals surface area (Å²) >= 11 is 0. The van der Waals surface area contributed by atoms with Crippen LogP contribution in [-0.2, 0) is 11.8 Å². The van der Waals surface area contributed by atoms with Crippen LogP contribution in [0.1, 0.15) is 37.5 Å². The molecule has 0 unspecified atom stereocenters. The molecule has 86 valence electrons. The van der Waals surface area contributed by atoms with E-state index in [4.69, 9.17) is 0 Å². The molecule has 3 rings (SSSR count). The summed E-state index contributed by atoms with van der Waals surface area (Å²) in [5, 5.41) is 0. The Kier molecular flexibility index (Phi) is 2.16. The summed E-state index contributed by atoms with van der Waals surface area (Å²) in [6.45, 7) is 6.82. The van der Waals surface area contributed by atoms with Crippen molar-refractivity contribution in [3.05, 3.63) is 59.2 Å². The van der Waals surface area contributed by atoms with E-state index in [1.165, 1.54) is 27.8 Å². The van der Waals surface area contributed by atoms with Crippen LogP contribution in [-0.4, -0.2) is 0 Å². The van der Waals surface area contributed by atoms with Gasteiger partial charge in [-0.15, -0.1) is 0 Å². The van der Waals surface area contributed by atoms with Gasteiger partial charge in [-0.25, -0.2) is 0 Å². The van der Waals surface area contributed by atoms with Gasteiger partial charge in [-0.05, 0) is 39.7 Å². The van der Waals surface area contributed by atoms with Crippen LogP contribution in [0.2, 0.25) is 0 Å². The lowest BCUT2D eigenvalue weighted by molar-refractivity contribution is 0.590. The van der Waals surface area contributed by atoms with E-state index < -0.39 is 0 Å². The van der Waals surface area contributed by atoms with E-state index in [9.17, 15) is 0 Å². The maximum Gasteiger partial charge on any atom is -0.00135 e. The van der Waals surface area contributed by atoms with Crippen molar-refractivity contribution in [3.63, 3.8) is 0 Å². The lowest BCUT2D eigenvalue weighted by Gasteiger charge is -2.20. The second-order valence-corrected chi connectivity index (χ2v) is 5.96. The third kappa shape index (κ3) is 1.68. The first kappa shape index (κ1) is 10.6. The highest BCUT2D eigenvalue weighted by Crippen LogP contribution is 2.38. The fourth-order valence-electron chi connectivity index (χ4n) is 2.59. The molecule has 17 heavy (non-hydrogen) atoms. The minimum atomic E-state index is 0.229. The molecular formula is C17H18. The van der Waals surface area contributed by atoms with Gasteiger partial charge >= 0.3 is 0 Å². The highest BCUT2D eigenvalue weighted by atomic mass is 14.2. The minimum absolute atomic E-state index is 0.229. The van der Waals surface area contributed by atoms with E-state index in [0.717, 1.165) is 6.42 Å². The summed E-state index contributed by atoms with van der Waals surface area (Å²) in [6.07, 6.45) is 1.09.